The molecule has 3 nitrogen and oxygen atoms in total. The number of rotatable bonds is 7. The average Bonchev–Trinajstić information content (AvgIpc) is 2.90. The Balaban J connectivity index is 1.51. The monoisotopic (exact) mass is 442 g/mol. The molecule has 0 amide bonds. The molecule has 0 aliphatic heterocycles. The number of nitrogens with one attached hydrogen (secondary N) is 2. The van der Waals surface area contributed by atoms with E-state index in [1.165, 1.54) is 0 Å². The molecule has 5 aromatic carbocycles. The molecule has 0 bridgehead atoms. The predicted octanol–water partition coefficient (Wildman–Crippen LogP) is 8.52. The van der Waals surface area contributed by atoms with Gasteiger partial charge in [0.05, 0.1) is 7.11 Å². The van der Waals surface area contributed by atoms with Crippen LogP contribution in [0.15, 0.2) is 127 Å². The minimum Gasteiger partial charge on any atom is -0.497 e. The molecule has 0 unspecified atom stereocenters. The topological polar surface area (TPSA) is 33.3 Å². The van der Waals surface area contributed by atoms with Crippen molar-refractivity contribution >= 4 is 22.7 Å². The van der Waals surface area contributed by atoms with E-state index in [1.54, 1.807) is 7.11 Å². The lowest BCUT2D eigenvalue weighted by atomic mass is 9.93. The Morgan fingerprint density at radius 2 is 1.03 bits per heavy atom. The van der Waals surface area contributed by atoms with Gasteiger partial charge in [-0.25, -0.2) is 0 Å². The molecule has 0 aromatic heterocycles. The zero-order valence-electron chi connectivity index (χ0n) is 19.0. The van der Waals surface area contributed by atoms with Crippen molar-refractivity contribution < 1.29 is 4.74 Å². The van der Waals surface area contributed by atoms with Crippen molar-refractivity contribution in [3.8, 4) is 28.0 Å². The zero-order chi connectivity index (χ0) is 23.2. The molecule has 0 heterocycles. The molecule has 0 saturated heterocycles. The van der Waals surface area contributed by atoms with Crippen LogP contribution in [0.3, 0.4) is 0 Å². The summed E-state index contributed by atoms with van der Waals surface area (Å²) in [6, 6.07) is 43.7. The summed E-state index contributed by atoms with van der Waals surface area (Å²) in [5, 5.41) is 6.97. The Kier molecular flexibility index (Phi) is 6.26. The highest BCUT2D eigenvalue weighted by molar-refractivity contribution is 5.87. The van der Waals surface area contributed by atoms with Crippen LogP contribution in [0, 0.1) is 0 Å². The van der Waals surface area contributed by atoms with Crippen molar-refractivity contribution in [2.75, 3.05) is 17.7 Å². The van der Waals surface area contributed by atoms with Gasteiger partial charge in [0.1, 0.15) is 5.75 Å². The number of hydrogen-bond acceptors (Lipinski definition) is 3. The van der Waals surface area contributed by atoms with Crippen molar-refractivity contribution in [3.63, 3.8) is 0 Å². The molecule has 2 N–H and O–H groups in total. The van der Waals surface area contributed by atoms with Crippen LogP contribution in [0.2, 0.25) is 0 Å². The van der Waals surface area contributed by atoms with Gasteiger partial charge in [-0.2, -0.15) is 0 Å². The molecule has 34 heavy (non-hydrogen) atoms. The second-order valence-electron chi connectivity index (χ2n) is 8.05. The van der Waals surface area contributed by atoms with Crippen LogP contribution >= 0.6 is 0 Å². The summed E-state index contributed by atoms with van der Waals surface area (Å²) in [6.07, 6.45) is 0. The molecule has 0 atom stereocenters. The standard InChI is InChI=1S/C31H26N2O/c1-34-29-14-8-9-24(21-29)31-22-28(33-26-12-6-3-7-13-26)19-20-30(31)23-15-17-27(18-16-23)32-25-10-4-2-5-11-25/h2-22,32-33H,1H3. The number of benzene rings is 5. The zero-order valence-corrected chi connectivity index (χ0v) is 19.0. The average molecular weight is 443 g/mol. The highest BCUT2D eigenvalue weighted by atomic mass is 16.5. The van der Waals surface area contributed by atoms with Crippen LogP contribution in [-0.2, 0) is 0 Å². The van der Waals surface area contributed by atoms with Crippen LogP contribution in [0.25, 0.3) is 22.3 Å². The lowest BCUT2D eigenvalue weighted by molar-refractivity contribution is 0.415. The highest BCUT2D eigenvalue weighted by Gasteiger charge is 2.11. The first-order valence-corrected chi connectivity index (χ1v) is 11.3. The second-order valence-corrected chi connectivity index (χ2v) is 8.05. The van der Waals surface area contributed by atoms with E-state index in [0.717, 1.165) is 50.8 Å². The van der Waals surface area contributed by atoms with Crippen LogP contribution in [-0.4, -0.2) is 7.11 Å². The summed E-state index contributed by atoms with van der Waals surface area (Å²) in [7, 11) is 1.70. The summed E-state index contributed by atoms with van der Waals surface area (Å²) >= 11 is 0. The molecular weight excluding hydrogens is 416 g/mol. The highest BCUT2D eigenvalue weighted by Crippen LogP contribution is 2.37. The Labute approximate surface area is 200 Å². The third-order valence-corrected chi connectivity index (χ3v) is 5.72. The number of para-hydroxylation sites is 2. The van der Waals surface area contributed by atoms with E-state index >= 15 is 0 Å². The van der Waals surface area contributed by atoms with Gasteiger partial charge >= 0.3 is 0 Å². The minimum absolute atomic E-state index is 0.840. The SMILES string of the molecule is COc1cccc(-c2cc(Nc3ccccc3)ccc2-c2ccc(Nc3ccccc3)cc2)c1. The van der Waals surface area contributed by atoms with Gasteiger partial charge in [0.2, 0.25) is 0 Å². The molecular formula is C31H26N2O. The van der Waals surface area contributed by atoms with E-state index in [2.05, 4.69) is 89.5 Å². The van der Waals surface area contributed by atoms with Gasteiger partial charge in [-0.15, -0.1) is 0 Å². The first-order chi connectivity index (χ1) is 16.8. The fourth-order valence-electron chi connectivity index (χ4n) is 4.01. The minimum atomic E-state index is 0.840. The Morgan fingerprint density at radius 1 is 0.441 bits per heavy atom. The molecule has 5 rings (SSSR count). The van der Waals surface area contributed by atoms with Crippen molar-refractivity contribution in [2.45, 2.75) is 0 Å². The number of methoxy groups -OCH3 is 1. The van der Waals surface area contributed by atoms with E-state index < -0.39 is 0 Å². The fourth-order valence-corrected chi connectivity index (χ4v) is 4.01. The van der Waals surface area contributed by atoms with Gasteiger partial charge in [-0.1, -0.05) is 66.7 Å². The van der Waals surface area contributed by atoms with E-state index in [9.17, 15) is 0 Å². The summed E-state index contributed by atoms with van der Waals surface area (Å²) in [4.78, 5) is 0. The lowest BCUT2D eigenvalue weighted by Gasteiger charge is -2.15. The molecule has 5 aromatic rings. The van der Waals surface area contributed by atoms with Gasteiger partial charge < -0.3 is 15.4 Å². The maximum absolute atomic E-state index is 5.50. The smallest absolute Gasteiger partial charge is 0.119 e. The fraction of sp³-hybridized carbons (Fsp3) is 0.0323. The molecule has 3 heteroatoms. The third kappa shape index (κ3) is 4.94. The maximum Gasteiger partial charge on any atom is 0.119 e. The van der Waals surface area contributed by atoms with Crippen molar-refractivity contribution in [3.05, 3.63) is 127 Å². The van der Waals surface area contributed by atoms with Crippen LogP contribution in [0.4, 0.5) is 22.7 Å². The normalized spacial score (nSPS) is 10.5. The Morgan fingerprint density at radius 3 is 1.68 bits per heavy atom. The number of hydrogen-bond donors (Lipinski definition) is 2. The third-order valence-electron chi connectivity index (χ3n) is 5.72. The molecule has 0 saturated carbocycles. The van der Waals surface area contributed by atoms with Crippen molar-refractivity contribution in [2.24, 2.45) is 0 Å². The molecule has 0 fully saturated rings. The maximum atomic E-state index is 5.50. The number of ether oxygens (including phenoxy) is 1. The quantitative estimate of drug-likeness (QED) is 0.265. The molecule has 0 radical (unpaired) electrons. The first-order valence-electron chi connectivity index (χ1n) is 11.3. The molecule has 0 spiro atoms. The second kappa shape index (κ2) is 9.97. The predicted molar refractivity (Wildman–Crippen MR) is 143 cm³/mol. The summed E-state index contributed by atoms with van der Waals surface area (Å²) in [5.74, 6) is 0.840. The Hall–Kier alpha value is -4.50. The van der Waals surface area contributed by atoms with Gasteiger partial charge in [-0.05, 0) is 82.9 Å². The van der Waals surface area contributed by atoms with Gasteiger partial charge in [0.25, 0.3) is 0 Å². The van der Waals surface area contributed by atoms with Crippen LogP contribution in [0.1, 0.15) is 0 Å². The summed E-state index contributed by atoms with van der Waals surface area (Å²) in [5.41, 5.74) is 8.80. The van der Waals surface area contributed by atoms with Crippen LogP contribution < -0.4 is 15.4 Å². The van der Waals surface area contributed by atoms with E-state index in [1.807, 2.05) is 48.5 Å². The molecule has 0 aliphatic rings. The van der Waals surface area contributed by atoms with Gasteiger partial charge in [0.15, 0.2) is 0 Å². The largest absolute Gasteiger partial charge is 0.497 e. The van der Waals surface area contributed by atoms with Crippen LogP contribution in [0.5, 0.6) is 5.75 Å². The summed E-state index contributed by atoms with van der Waals surface area (Å²) < 4.78 is 5.50. The van der Waals surface area contributed by atoms with E-state index in [-0.39, 0.29) is 0 Å². The van der Waals surface area contributed by atoms with Gasteiger partial charge in [-0.3, -0.25) is 0 Å². The number of anilines is 4. The molecule has 0 aliphatic carbocycles. The summed E-state index contributed by atoms with van der Waals surface area (Å²) in [6.45, 7) is 0. The molecule has 166 valence electrons. The van der Waals surface area contributed by atoms with E-state index in [4.69, 9.17) is 4.74 Å². The lowest BCUT2D eigenvalue weighted by Crippen LogP contribution is -1.94. The van der Waals surface area contributed by atoms with Crippen molar-refractivity contribution in [1.29, 1.82) is 0 Å². The van der Waals surface area contributed by atoms with Crippen molar-refractivity contribution in [1.82, 2.24) is 0 Å². The van der Waals surface area contributed by atoms with E-state index in [0.29, 0.717) is 0 Å². The Bertz CT molecular complexity index is 1360. The van der Waals surface area contributed by atoms with Gasteiger partial charge in [0, 0.05) is 22.7 Å². The first kappa shape index (κ1) is 21.4.